The van der Waals surface area contributed by atoms with Gasteiger partial charge >= 0.3 is 5.97 Å². The first kappa shape index (κ1) is 22.9. The highest BCUT2D eigenvalue weighted by Crippen LogP contribution is 2.34. The van der Waals surface area contributed by atoms with Gasteiger partial charge in [0, 0.05) is 19.3 Å². The number of piperidine rings is 1. The molecule has 2 N–H and O–H groups in total. The van der Waals surface area contributed by atoms with E-state index in [-0.39, 0.29) is 26.8 Å². The number of ether oxygens (including phenoxy) is 1. The number of carboxylic acids is 1. The van der Waals surface area contributed by atoms with Gasteiger partial charge in [0.05, 0.1) is 28.9 Å². The maximum Gasteiger partial charge on any atom is 0.335 e. The average molecular weight is 469 g/mol. The molecule has 0 radical (unpaired) electrons. The van der Waals surface area contributed by atoms with Crippen LogP contribution in [0.25, 0.3) is 0 Å². The highest BCUT2D eigenvalue weighted by Gasteiger charge is 2.25. The lowest BCUT2D eigenvalue weighted by atomic mass is 10.1. The van der Waals surface area contributed by atoms with Crippen molar-refractivity contribution in [2.24, 2.45) is 0 Å². The molecule has 0 bridgehead atoms. The fourth-order valence-electron chi connectivity index (χ4n) is 3.46. The van der Waals surface area contributed by atoms with E-state index in [1.807, 2.05) is 4.90 Å². The van der Waals surface area contributed by atoms with Gasteiger partial charge < -0.3 is 14.7 Å². The number of benzene rings is 2. The number of hydrogen-bond donors (Lipinski definition) is 2. The number of aromatic carboxylic acids is 1. The zero-order valence-corrected chi connectivity index (χ0v) is 18.8. The Bertz CT molecular complexity index is 1200. The van der Waals surface area contributed by atoms with Gasteiger partial charge in [-0.25, -0.2) is 21.6 Å². The number of anilines is 2. The number of sulfonamides is 1. The fourth-order valence-corrected chi connectivity index (χ4v) is 5.37. The first-order valence-electron chi connectivity index (χ1n) is 9.56. The summed E-state index contributed by atoms with van der Waals surface area (Å²) in [6.45, 7) is 1.43. The van der Waals surface area contributed by atoms with Gasteiger partial charge in [0.2, 0.25) is 0 Å². The summed E-state index contributed by atoms with van der Waals surface area (Å²) < 4.78 is 58.1. The summed E-state index contributed by atoms with van der Waals surface area (Å²) >= 11 is 0. The Morgan fingerprint density at radius 1 is 1.03 bits per heavy atom. The van der Waals surface area contributed by atoms with Crippen molar-refractivity contribution in [3.8, 4) is 5.75 Å². The molecule has 1 fully saturated rings. The molecule has 31 heavy (non-hydrogen) atoms. The molecule has 2 aromatic carbocycles. The molecule has 1 heterocycles. The predicted molar refractivity (Wildman–Crippen MR) is 116 cm³/mol. The molecule has 0 saturated carbocycles. The molecule has 1 aliphatic heterocycles. The van der Waals surface area contributed by atoms with E-state index < -0.39 is 25.8 Å². The Hall–Kier alpha value is -2.79. The van der Waals surface area contributed by atoms with Crippen LogP contribution in [0.5, 0.6) is 5.75 Å². The summed E-state index contributed by atoms with van der Waals surface area (Å²) in [4.78, 5) is 12.9. The molecule has 0 aromatic heterocycles. The standard InChI is InChI=1S/C20H24N2O7S2/c1-29-18-9-6-14(20(23)24)12-19(18)31(27,28)21-16-13-15(30(2,25)26)7-8-17(16)22-10-4-3-5-11-22/h6-9,12-13,21H,3-5,10-11H2,1-2H3,(H,23,24). The largest absolute Gasteiger partial charge is 0.495 e. The third kappa shape index (κ3) is 5.10. The van der Waals surface area contributed by atoms with E-state index in [9.17, 15) is 26.7 Å². The Kier molecular flexibility index (Phi) is 6.46. The normalized spacial score (nSPS) is 14.8. The summed E-state index contributed by atoms with van der Waals surface area (Å²) in [5.41, 5.74) is 0.443. The number of carboxylic acid groups (broad SMARTS) is 1. The van der Waals surface area contributed by atoms with Gasteiger partial charge in [-0.3, -0.25) is 4.72 Å². The molecule has 11 heteroatoms. The number of carbonyl (C=O) groups is 1. The Morgan fingerprint density at radius 2 is 1.71 bits per heavy atom. The van der Waals surface area contributed by atoms with E-state index >= 15 is 0 Å². The lowest BCUT2D eigenvalue weighted by molar-refractivity contribution is 0.0696. The molecular formula is C20H24N2O7S2. The third-order valence-corrected chi connectivity index (χ3v) is 7.53. The Balaban J connectivity index is 2.11. The lowest BCUT2D eigenvalue weighted by Gasteiger charge is -2.31. The van der Waals surface area contributed by atoms with Crippen molar-refractivity contribution >= 4 is 37.2 Å². The molecule has 2 aromatic rings. The van der Waals surface area contributed by atoms with Crippen molar-refractivity contribution in [1.82, 2.24) is 0 Å². The zero-order chi connectivity index (χ0) is 22.8. The minimum absolute atomic E-state index is 0.0304. The monoisotopic (exact) mass is 468 g/mol. The molecule has 0 amide bonds. The average Bonchev–Trinajstić information content (AvgIpc) is 2.73. The molecule has 1 aliphatic rings. The maximum atomic E-state index is 13.2. The van der Waals surface area contributed by atoms with Crippen LogP contribution >= 0.6 is 0 Å². The minimum Gasteiger partial charge on any atom is -0.495 e. The fraction of sp³-hybridized carbons (Fsp3) is 0.350. The highest BCUT2D eigenvalue weighted by atomic mass is 32.2. The Morgan fingerprint density at radius 3 is 2.29 bits per heavy atom. The van der Waals surface area contributed by atoms with E-state index in [1.165, 1.54) is 31.4 Å². The van der Waals surface area contributed by atoms with Crippen molar-refractivity contribution in [3.63, 3.8) is 0 Å². The van der Waals surface area contributed by atoms with E-state index in [0.717, 1.165) is 31.6 Å². The molecule has 0 spiro atoms. The molecule has 0 unspecified atom stereocenters. The first-order chi connectivity index (χ1) is 14.5. The molecule has 3 rings (SSSR count). The molecule has 0 atom stereocenters. The van der Waals surface area contributed by atoms with Crippen molar-refractivity contribution in [1.29, 1.82) is 0 Å². The van der Waals surface area contributed by atoms with Crippen LogP contribution < -0.4 is 14.4 Å². The summed E-state index contributed by atoms with van der Waals surface area (Å²) in [5.74, 6) is -1.32. The van der Waals surface area contributed by atoms with Gasteiger partial charge in [0.15, 0.2) is 9.84 Å². The second-order valence-electron chi connectivity index (χ2n) is 7.28. The molecule has 168 valence electrons. The molecule has 1 saturated heterocycles. The van der Waals surface area contributed by atoms with Gasteiger partial charge in [-0.15, -0.1) is 0 Å². The second kappa shape index (κ2) is 8.75. The number of methoxy groups -OCH3 is 1. The number of sulfone groups is 1. The molecular weight excluding hydrogens is 444 g/mol. The first-order valence-corrected chi connectivity index (χ1v) is 12.9. The summed E-state index contributed by atoms with van der Waals surface area (Å²) in [5, 5.41) is 9.24. The molecule has 9 nitrogen and oxygen atoms in total. The quantitative estimate of drug-likeness (QED) is 0.634. The van der Waals surface area contributed by atoms with E-state index in [1.54, 1.807) is 6.07 Å². The summed E-state index contributed by atoms with van der Waals surface area (Å²) in [6.07, 6.45) is 3.99. The maximum absolute atomic E-state index is 13.2. The van der Waals surface area contributed by atoms with Crippen molar-refractivity contribution in [2.45, 2.75) is 29.1 Å². The SMILES string of the molecule is COc1ccc(C(=O)O)cc1S(=O)(=O)Nc1cc(S(C)(=O)=O)ccc1N1CCCCC1. The van der Waals surface area contributed by atoms with Crippen molar-refractivity contribution in [2.75, 3.05) is 36.1 Å². The van der Waals surface area contributed by atoms with Gasteiger partial charge in [0.1, 0.15) is 10.6 Å². The van der Waals surface area contributed by atoms with Crippen LogP contribution in [0.2, 0.25) is 0 Å². The van der Waals surface area contributed by atoms with Crippen LogP contribution in [0.15, 0.2) is 46.2 Å². The lowest BCUT2D eigenvalue weighted by Crippen LogP contribution is -2.30. The van der Waals surface area contributed by atoms with Crippen molar-refractivity contribution < 1.29 is 31.5 Å². The summed E-state index contributed by atoms with van der Waals surface area (Å²) in [7, 11) is -6.60. The Labute approximate surface area is 181 Å². The topological polar surface area (TPSA) is 130 Å². The third-order valence-electron chi connectivity index (χ3n) is 5.04. The van der Waals surface area contributed by atoms with E-state index in [2.05, 4.69) is 4.72 Å². The van der Waals surface area contributed by atoms with Crippen LogP contribution in [0.4, 0.5) is 11.4 Å². The summed E-state index contributed by atoms with van der Waals surface area (Å²) in [6, 6.07) is 7.82. The van der Waals surface area contributed by atoms with Gasteiger partial charge in [-0.2, -0.15) is 0 Å². The van der Waals surface area contributed by atoms with Crippen LogP contribution in [-0.4, -0.2) is 54.4 Å². The number of nitrogens with one attached hydrogen (secondary N) is 1. The number of hydrogen-bond acceptors (Lipinski definition) is 7. The zero-order valence-electron chi connectivity index (χ0n) is 17.2. The molecule has 0 aliphatic carbocycles. The number of nitrogens with zero attached hydrogens (tertiary/aromatic N) is 1. The second-order valence-corrected chi connectivity index (χ2v) is 10.9. The van der Waals surface area contributed by atoms with Crippen LogP contribution in [0, 0.1) is 0 Å². The van der Waals surface area contributed by atoms with Crippen LogP contribution in [-0.2, 0) is 19.9 Å². The van der Waals surface area contributed by atoms with Gasteiger partial charge in [0.25, 0.3) is 10.0 Å². The smallest absolute Gasteiger partial charge is 0.335 e. The highest BCUT2D eigenvalue weighted by molar-refractivity contribution is 7.93. The van der Waals surface area contributed by atoms with Crippen LogP contribution in [0.3, 0.4) is 0 Å². The van der Waals surface area contributed by atoms with E-state index in [4.69, 9.17) is 4.74 Å². The predicted octanol–water partition coefficient (Wildman–Crippen LogP) is 2.59. The van der Waals surface area contributed by atoms with E-state index in [0.29, 0.717) is 18.8 Å². The minimum atomic E-state index is -4.30. The number of rotatable bonds is 7. The van der Waals surface area contributed by atoms with Gasteiger partial charge in [-0.05, 0) is 55.7 Å². The van der Waals surface area contributed by atoms with Gasteiger partial charge in [-0.1, -0.05) is 0 Å². The van der Waals surface area contributed by atoms with Crippen molar-refractivity contribution in [3.05, 3.63) is 42.0 Å². The van der Waals surface area contributed by atoms with Crippen LogP contribution in [0.1, 0.15) is 29.6 Å².